The van der Waals surface area contributed by atoms with Crippen molar-refractivity contribution in [2.24, 2.45) is 11.3 Å². The molecule has 0 bridgehead atoms. The first-order chi connectivity index (χ1) is 11.0. The molecule has 1 saturated carbocycles. The molecule has 0 N–H and O–H groups in total. The molecule has 1 saturated heterocycles. The average Bonchev–Trinajstić information content (AvgIpc) is 3.37. The number of amides is 1. The van der Waals surface area contributed by atoms with Crippen LogP contribution >= 0.6 is 0 Å². The summed E-state index contributed by atoms with van der Waals surface area (Å²) in [5.41, 5.74) is 1.06. The van der Waals surface area contributed by atoms with Gasteiger partial charge in [-0.05, 0) is 36.7 Å². The molecule has 1 unspecified atom stereocenters. The van der Waals surface area contributed by atoms with E-state index < -0.39 is 0 Å². The lowest BCUT2D eigenvalue weighted by atomic mass is 9.77. The van der Waals surface area contributed by atoms with Crippen molar-refractivity contribution in [3.05, 3.63) is 35.9 Å². The smallest absolute Gasteiger partial charge is 0.410 e. The van der Waals surface area contributed by atoms with Gasteiger partial charge in [0.25, 0.3) is 0 Å². The fourth-order valence-electron chi connectivity index (χ4n) is 3.23. The van der Waals surface area contributed by atoms with Crippen LogP contribution in [0.15, 0.2) is 30.3 Å². The molecule has 3 rings (SSSR count). The average molecular weight is 315 g/mol. The summed E-state index contributed by atoms with van der Waals surface area (Å²) in [6, 6.07) is 9.33. The lowest BCUT2D eigenvalue weighted by Crippen LogP contribution is -2.52. The molecule has 1 aromatic rings. The van der Waals surface area contributed by atoms with Crippen LogP contribution in [0, 0.1) is 11.3 Å². The Kier molecular flexibility index (Phi) is 4.42. The lowest BCUT2D eigenvalue weighted by molar-refractivity contribution is -0.128. The van der Waals surface area contributed by atoms with E-state index in [1.165, 1.54) is 0 Å². The van der Waals surface area contributed by atoms with Crippen LogP contribution in [-0.4, -0.2) is 29.4 Å². The third-order valence-electron chi connectivity index (χ3n) is 4.90. The number of Topliss-reactive ketones (excluding diaryl/α,β-unsaturated/α-hetero) is 1. The van der Waals surface area contributed by atoms with Crippen LogP contribution in [0.3, 0.4) is 0 Å². The van der Waals surface area contributed by atoms with Crippen molar-refractivity contribution in [1.29, 1.82) is 0 Å². The minimum atomic E-state index is -0.358. The molecule has 2 aliphatic rings. The number of carbonyl (C=O) groups is 2. The van der Waals surface area contributed by atoms with Crippen LogP contribution in [0.1, 0.15) is 45.1 Å². The zero-order valence-electron chi connectivity index (χ0n) is 14.0. The maximum Gasteiger partial charge on any atom is 0.410 e. The summed E-state index contributed by atoms with van der Waals surface area (Å²) in [5.74, 6) is 0.396. The highest BCUT2D eigenvalue weighted by Crippen LogP contribution is 2.39. The van der Waals surface area contributed by atoms with Gasteiger partial charge in [-0.2, -0.15) is 0 Å². The summed E-state index contributed by atoms with van der Waals surface area (Å²) in [7, 11) is 0. The molecule has 0 aromatic heterocycles. The highest BCUT2D eigenvalue weighted by molar-refractivity contribution is 5.91. The quantitative estimate of drug-likeness (QED) is 0.849. The Bertz CT molecular complexity index is 578. The first kappa shape index (κ1) is 16.0. The summed E-state index contributed by atoms with van der Waals surface area (Å²) in [6.45, 7) is 5.20. The number of ether oxygens (including phenoxy) is 1. The van der Waals surface area contributed by atoms with Gasteiger partial charge in [0, 0.05) is 12.5 Å². The van der Waals surface area contributed by atoms with Crippen molar-refractivity contribution in [2.45, 2.75) is 52.2 Å². The van der Waals surface area contributed by atoms with Gasteiger partial charge in [-0.25, -0.2) is 4.79 Å². The molecule has 1 aliphatic heterocycles. The van der Waals surface area contributed by atoms with Crippen molar-refractivity contribution in [3.63, 3.8) is 0 Å². The summed E-state index contributed by atoms with van der Waals surface area (Å²) in [5, 5.41) is 0. The second-order valence-electron chi connectivity index (χ2n) is 7.54. The topological polar surface area (TPSA) is 46.6 Å². The van der Waals surface area contributed by atoms with Gasteiger partial charge in [0.2, 0.25) is 0 Å². The van der Waals surface area contributed by atoms with Crippen molar-refractivity contribution >= 4 is 11.9 Å². The second kappa shape index (κ2) is 6.34. The number of piperidine rings is 1. The fourth-order valence-corrected chi connectivity index (χ4v) is 3.23. The molecule has 4 nitrogen and oxygen atoms in total. The van der Waals surface area contributed by atoms with E-state index in [1.54, 1.807) is 4.90 Å². The maximum atomic E-state index is 12.6. The van der Waals surface area contributed by atoms with Crippen molar-refractivity contribution < 1.29 is 14.3 Å². The van der Waals surface area contributed by atoms with Gasteiger partial charge in [-0.3, -0.25) is 9.69 Å². The van der Waals surface area contributed by atoms with Crippen LogP contribution in [0.25, 0.3) is 0 Å². The first-order valence-electron chi connectivity index (χ1n) is 8.47. The van der Waals surface area contributed by atoms with Gasteiger partial charge in [0.15, 0.2) is 5.78 Å². The number of nitrogens with zero attached hydrogens (tertiary/aromatic N) is 1. The summed E-state index contributed by atoms with van der Waals surface area (Å²) < 4.78 is 5.45. The van der Waals surface area contributed by atoms with E-state index in [1.807, 2.05) is 30.3 Å². The van der Waals surface area contributed by atoms with Crippen LogP contribution in [0.4, 0.5) is 4.79 Å². The second-order valence-corrected chi connectivity index (χ2v) is 7.54. The third-order valence-corrected chi connectivity index (χ3v) is 4.90. The largest absolute Gasteiger partial charge is 0.445 e. The van der Waals surface area contributed by atoms with Crippen molar-refractivity contribution in [2.75, 3.05) is 6.54 Å². The van der Waals surface area contributed by atoms with Gasteiger partial charge in [-0.1, -0.05) is 44.2 Å². The standard InChI is InChI=1S/C19H25NO3/c1-19(2)10-11-20(16(12-19)17(21)15-8-9-15)18(22)23-13-14-6-4-3-5-7-14/h3-7,15-16H,8-13H2,1-2H3. The molecule has 2 fully saturated rings. The zero-order valence-corrected chi connectivity index (χ0v) is 14.0. The Hall–Kier alpha value is -1.84. The predicted octanol–water partition coefficient (Wildman–Crippen LogP) is 3.79. The van der Waals surface area contributed by atoms with Gasteiger partial charge < -0.3 is 4.74 Å². The van der Waals surface area contributed by atoms with E-state index >= 15 is 0 Å². The SMILES string of the molecule is CC1(C)CCN(C(=O)OCc2ccccc2)C(C(=O)C2CC2)C1. The number of rotatable bonds is 4. The molecule has 1 aromatic carbocycles. The third kappa shape index (κ3) is 3.92. The van der Waals surface area contributed by atoms with Crippen LogP contribution in [-0.2, 0) is 16.1 Å². The zero-order chi connectivity index (χ0) is 16.4. The molecule has 1 heterocycles. The molecule has 4 heteroatoms. The van der Waals surface area contributed by atoms with Crippen LogP contribution in [0.2, 0.25) is 0 Å². The summed E-state index contributed by atoms with van der Waals surface area (Å²) in [6.07, 6.45) is 3.24. The normalized spacial score (nSPS) is 23.4. The molecule has 1 aliphatic carbocycles. The summed E-state index contributed by atoms with van der Waals surface area (Å²) >= 11 is 0. The van der Waals surface area contributed by atoms with Gasteiger partial charge in [0.05, 0.1) is 6.04 Å². The molecule has 124 valence electrons. The fraction of sp³-hybridized carbons (Fsp3) is 0.579. The molecule has 0 spiro atoms. The Labute approximate surface area is 137 Å². The molecular formula is C19H25NO3. The van der Waals surface area contributed by atoms with Gasteiger partial charge >= 0.3 is 6.09 Å². The molecule has 1 amide bonds. The van der Waals surface area contributed by atoms with E-state index in [4.69, 9.17) is 4.74 Å². The Morgan fingerprint density at radius 3 is 2.57 bits per heavy atom. The van der Waals surface area contributed by atoms with Gasteiger partial charge in [-0.15, -0.1) is 0 Å². The van der Waals surface area contributed by atoms with Crippen molar-refractivity contribution in [3.8, 4) is 0 Å². The maximum absolute atomic E-state index is 12.6. The number of hydrogen-bond acceptors (Lipinski definition) is 3. The number of ketones is 1. The van der Waals surface area contributed by atoms with Gasteiger partial charge in [0.1, 0.15) is 6.61 Å². The molecular weight excluding hydrogens is 290 g/mol. The van der Waals surface area contributed by atoms with E-state index in [2.05, 4.69) is 13.8 Å². The van der Waals surface area contributed by atoms with E-state index in [9.17, 15) is 9.59 Å². The lowest BCUT2D eigenvalue weighted by Gasteiger charge is -2.42. The predicted molar refractivity (Wildman–Crippen MR) is 87.9 cm³/mol. The highest BCUT2D eigenvalue weighted by Gasteiger charge is 2.44. The van der Waals surface area contributed by atoms with E-state index in [-0.39, 0.29) is 35.9 Å². The number of benzene rings is 1. The Morgan fingerprint density at radius 1 is 1.22 bits per heavy atom. The molecule has 23 heavy (non-hydrogen) atoms. The minimum Gasteiger partial charge on any atom is -0.445 e. The minimum absolute atomic E-state index is 0.103. The summed E-state index contributed by atoms with van der Waals surface area (Å²) in [4.78, 5) is 26.7. The Morgan fingerprint density at radius 2 is 1.91 bits per heavy atom. The highest BCUT2D eigenvalue weighted by atomic mass is 16.6. The molecule has 1 atom stereocenters. The van der Waals surface area contributed by atoms with E-state index in [0.717, 1.165) is 31.2 Å². The van der Waals surface area contributed by atoms with Crippen LogP contribution in [0.5, 0.6) is 0 Å². The number of likely N-dealkylation sites (tertiary alicyclic amines) is 1. The molecule has 0 radical (unpaired) electrons. The monoisotopic (exact) mass is 315 g/mol. The number of hydrogen-bond donors (Lipinski definition) is 0. The first-order valence-corrected chi connectivity index (χ1v) is 8.47. The number of carbonyl (C=O) groups excluding carboxylic acids is 2. The van der Waals surface area contributed by atoms with Crippen molar-refractivity contribution in [1.82, 2.24) is 4.90 Å². The van der Waals surface area contributed by atoms with Crippen LogP contribution < -0.4 is 0 Å². The van der Waals surface area contributed by atoms with E-state index in [0.29, 0.717) is 6.54 Å². The Balaban J connectivity index is 1.65.